The molecule has 0 saturated carbocycles. The highest BCUT2D eigenvalue weighted by molar-refractivity contribution is 5.91. The summed E-state index contributed by atoms with van der Waals surface area (Å²) in [6, 6.07) is 8.56. The lowest BCUT2D eigenvalue weighted by atomic mass is 9.94. The van der Waals surface area contributed by atoms with E-state index in [0.717, 1.165) is 75.7 Å². The number of piperidine rings is 1. The lowest BCUT2D eigenvalue weighted by molar-refractivity contribution is -0.136. The number of aromatic nitrogens is 3. The molecule has 4 heterocycles. The molecule has 0 aliphatic carbocycles. The summed E-state index contributed by atoms with van der Waals surface area (Å²) < 4.78 is 2.06. The Kier molecular flexibility index (Phi) is 6.19. The number of hydrogen-bond donors (Lipinski definition) is 0. The van der Waals surface area contributed by atoms with E-state index in [1.807, 2.05) is 6.20 Å². The van der Waals surface area contributed by atoms with Crippen molar-refractivity contribution in [3.05, 3.63) is 47.3 Å². The van der Waals surface area contributed by atoms with Crippen LogP contribution in [0.1, 0.15) is 36.6 Å². The molecule has 3 aromatic rings. The number of carbonyl (C=O) groups is 1. The Labute approximate surface area is 202 Å². The summed E-state index contributed by atoms with van der Waals surface area (Å²) in [4.78, 5) is 24.9. The number of fused-ring (bicyclic) bond motifs is 1. The van der Waals surface area contributed by atoms with Crippen LogP contribution >= 0.6 is 0 Å². The lowest BCUT2D eigenvalue weighted by Crippen LogP contribution is -2.52. The van der Waals surface area contributed by atoms with E-state index in [-0.39, 0.29) is 5.92 Å². The van der Waals surface area contributed by atoms with E-state index in [9.17, 15) is 4.79 Å². The second-order valence-corrected chi connectivity index (χ2v) is 9.72. The molecule has 0 atom stereocenters. The first-order chi connectivity index (χ1) is 16.5. The zero-order valence-electron chi connectivity index (χ0n) is 20.9. The number of amides is 1. The Bertz CT molecular complexity index is 1190. The number of rotatable bonds is 4. The van der Waals surface area contributed by atoms with E-state index in [4.69, 9.17) is 10.1 Å². The van der Waals surface area contributed by atoms with E-state index < -0.39 is 0 Å². The Balaban J connectivity index is 1.21. The normalized spacial score (nSPS) is 17.6. The van der Waals surface area contributed by atoms with Crippen molar-refractivity contribution in [3.8, 4) is 0 Å². The van der Waals surface area contributed by atoms with E-state index in [0.29, 0.717) is 5.91 Å². The van der Waals surface area contributed by atoms with Gasteiger partial charge in [-0.3, -0.25) is 9.48 Å². The topological polar surface area (TPSA) is 57.5 Å². The Morgan fingerprint density at radius 1 is 0.971 bits per heavy atom. The molecule has 0 radical (unpaired) electrons. The first-order valence-corrected chi connectivity index (χ1v) is 12.6. The first-order valence-electron chi connectivity index (χ1n) is 12.6. The minimum atomic E-state index is 0.112. The Morgan fingerprint density at radius 2 is 1.71 bits per heavy atom. The number of piperazine rings is 1. The predicted molar refractivity (Wildman–Crippen MR) is 138 cm³/mol. The molecule has 180 valence electrons. The Morgan fingerprint density at radius 3 is 2.41 bits per heavy atom. The van der Waals surface area contributed by atoms with Gasteiger partial charge >= 0.3 is 0 Å². The highest BCUT2D eigenvalue weighted by atomic mass is 16.2. The van der Waals surface area contributed by atoms with Crippen LogP contribution in [0.15, 0.2) is 30.5 Å². The average Bonchev–Trinajstić information content (AvgIpc) is 3.21. The molecule has 1 amide bonds. The summed E-state index contributed by atoms with van der Waals surface area (Å²) in [5.41, 5.74) is 6.15. The molecule has 0 bridgehead atoms. The van der Waals surface area contributed by atoms with Gasteiger partial charge in [0.05, 0.1) is 5.69 Å². The zero-order chi connectivity index (χ0) is 23.8. The molecule has 0 unspecified atom stereocenters. The van der Waals surface area contributed by atoms with Gasteiger partial charge in [0.15, 0.2) is 5.82 Å². The van der Waals surface area contributed by atoms with Crippen LogP contribution in [0, 0.1) is 26.7 Å². The molecule has 2 saturated heterocycles. The van der Waals surface area contributed by atoms with E-state index in [2.05, 4.69) is 71.3 Å². The van der Waals surface area contributed by atoms with E-state index in [1.165, 1.54) is 22.2 Å². The van der Waals surface area contributed by atoms with E-state index in [1.54, 1.807) is 0 Å². The maximum absolute atomic E-state index is 13.3. The molecule has 2 fully saturated rings. The van der Waals surface area contributed by atoms with Crippen LogP contribution in [0.4, 0.5) is 11.5 Å². The number of pyridine rings is 1. The van der Waals surface area contributed by atoms with Crippen LogP contribution in [0.25, 0.3) is 10.9 Å². The second kappa shape index (κ2) is 9.28. The van der Waals surface area contributed by atoms with Crippen molar-refractivity contribution in [2.75, 3.05) is 49.1 Å². The molecule has 0 N–H and O–H groups in total. The van der Waals surface area contributed by atoms with Crippen LogP contribution < -0.4 is 9.80 Å². The average molecular weight is 461 g/mol. The third-order valence-corrected chi connectivity index (χ3v) is 7.77. The van der Waals surface area contributed by atoms with Crippen LogP contribution in [0.3, 0.4) is 0 Å². The van der Waals surface area contributed by atoms with Crippen molar-refractivity contribution in [3.63, 3.8) is 0 Å². The lowest BCUT2D eigenvalue weighted by Gasteiger charge is -2.40. The molecule has 7 heteroatoms. The SMILES string of the molecule is CCn1nc(C)c2ccnc(N3CCC(C(=O)N4CCN(c5cccc(C)c5C)CC4)CC3)c21. The van der Waals surface area contributed by atoms with Gasteiger partial charge in [0.1, 0.15) is 5.52 Å². The van der Waals surface area contributed by atoms with Crippen molar-refractivity contribution < 1.29 is 4.79 Å². The Hall–Kier alpha value is -3.09. The van der Waals surface area contributed by atoms with Gasteiger partial charge < -0.3 is 14.7 Å². The minimum Gasteiger partial charge on any atom is -0.368 e. The fourth-order valence-electron chi connectivity index (χ4n) is 5.58. The molecule has 2 aliphatic heterocycles. The van der Waals surface area contributed by atoms with Crippen molar-refractivity contribution in [2.24, 2.45) is 5.92 Å². The monoisotopic (exact) mass is 460 g/mol. The maximum Gasteiger partial charge on any atom is 0.225 e. The van der Waals surface area contributed by atoms with Gasteiger partial charge in [0.2, 0.25) is 5.91 Å². The molecule has 0 spiro atoms. The van der Waals surface area contributed by atoms with Crippen LogP contribution in [0.5, 0.6) is 0 Å². The minimum absolute atomic E-state index is 0.112. The summed E-state index contributed by atoms with van der Waals surface area (Å²) in [6.07, 6.45) is 3.65. The standard InChI is InChI=1S/C27H36N6O/c1-5-33-25-23(21(4)29-33)9-12-28-26(25)31-13-10-22(11-14-31)27(34)32-17-15-30(16-18-32)24-8-6-7-19(2)20(24)3/h6-9,12,22H,5,10-11,13-18H2,1-4H3. The van der Waals surface area contributed by atoms with Crippen LogP contribution in [-0.4, -0.2) is 64.8 Å². The number of hydrogen-bond acceptors (Lipinski definition) is 5. The van der Waals surface area contributed by atoms with Gasteiger partial charge in [-0.15, -0.1) is 0 Å². The largest absolute Gasteiger partial charge is 0.368 e. The van der Waals surface area contributed by atoms with Crippen LogP contribution in [-0.2, 0) is 11.3 Å². The van der Waals surface area contributed by atoms with Gasteiger partial charge in [0, 0.05) is 69.0 Å². The molecule has 5 rings (SSSR count). The number of anilines is 2. The predicted octanol–water partition coefficient (Wildman–Crippen LogP) is 3.94. The van der Waals surface area contributed by atoms with Gasteiger partial charge in [-0.25, -0.2) is 4.98 Å². The fourth-order valence-corrected chi connectivity index (χ4v) is 5.58. The van der Waals surface area contributed by atoms with Crippen molar-refractivity contribution in [1.29, 1.82) is 0 Å². The third-order valence-electron chi connectivity index (χ3n) is 7.77. The number of carbonyl (C=O) groups excluding carboxylic acids is 1. The van der Waals surface area contributed by atoms with Gasteiger partial charge in [-0.2, -0.15) is 5.10 Å². The quantitative estimate of drug-likeness (QED) is 0.590. The smallest absolute Gasteiger partial charge is 0.225 e. The number of aryl methyl sites for hydroxylation is 3. The molecular weight excluding hydrogens is 424 g/mol. The number of nitrogens with zero attached hydrogens (tertiary/aromatic N) is 6. The summed E-state index contributed by atoms with van der Waals surface area (Å²) in [7, 11) is 0. The van der Waals surface area contributed by atoms with E-state index >= 15 is 0 Å². The summed E-state index contributed by atoms with van der Waals surface area (Å²) >= 11 is 0. The molecule has 7 nitrogen and oxygen atoms in total. The van der Waals surface area contributed by atoms with Crippen LogP contribution in [0.2, 0.25) is 0 Å². The van der Waals surface area contributed by atoms with Gasteiger partial charge in [-0.1, -0.05) is 12.1 Å². The summed E-state index contributed by atoms with van der Waals surface area (Å²) in [5, 5.41) is 5.86. The second-order valence-electron chi connectivity index (χ2n) is 9.72. The molecular formula is C27H36N6O. The summed E-state index contributed by atoms with van der Waals surface area (Å²) in [5.74, 6) is 1.45. The molecule has 2 aromatic heterocycles. The summed E-state index contributed by atoms with van der Waals surface area (Å²) in [6.45, 7) is 14.5. The van der Waals surface area contributed by atoms with Gasteiger partial charge in [0.25, 0.3) is 0 Å². The number of benzene rings is 1. The molecule has 1 aromatic carbocycles. The highest BCUT2D eigenvalue weighted by Crippen LogP contribution is 2.31. The zero-order valence-corrected chi connectivity index (χ0v) is 20.9. The van der Waals surface area contributed by atoms with Crippen molar-refractivity contribution in [1.82, 2.24) is 19.7 Å². The molecule has 2 aliphatic rings. The maximum atomic E-state index is 13.3. The van der Waals surface area contributed by atoms with Crippen molar-refractivity contribution in [2.45, 2.75) is 47.1 Å². The molecule has 34 heavy (non-hydrogen) atoms. The fraction of sp³-hybridized carbons (Fsp3) is 0.519. The van der Waals surface area contributed by atoms with Gasteiger partial charge in [-0.05, 0) is 63.8 Å². The first kappa shape index (κ1) is 22.7. The highest BCUT2D eigenvalue weighted by Gasteiger charge is 2.32. The van der Waals surface area contributed by atoms with Crippen molar-refractivity contribution >= 4 is 28.3 Å². The third kappa shape index (κ3) is 4.01.